The van der Waals surface area contributed by atoms with Crippen LogP contribution in [0.3, 0.4) is 0 Å². The summed E-state index contributed by atoms with van der Waals surface area (Å²) in [6.07, 6.45) is 5.32. The van der Waals surface area contributed by atoms with E-state index in [-0.39, 0.29) is 5.91 Å². The highest BCUT2D eigenvalue weighted by atomic mass is 16.2. The number of nitrogens with zero attached hydrogens (tertiary/aromatic N) is 1. The number of aromatic amines is 1. The third kappa shape index (κ3) is 1.98. The summed E-state index contributed by atoms with van der Waals surface area (Å²) in [6, 6.07) is 8.02. The minimum atomic E-state index is -0.00900. The van der Waals surface area contributed by atoms with Gasteiger partial charge in [0.1, 0.15) is 0 Å². The molecule has 0 spiro atoms. The number of fused-ring (bicyclic) bond motifs is 1. The van der Waals surface area contributed by atoms with Crippen LogP contribution in [0.1, 0.15) is 5.56 Å². The molecule has 0 radical (unpaired) electrons. The van der Waals surface area contributed by atoms with E-state index in [1.54, 1.807) is 25.1 Å². The Hall–Kier alpha value is -2.03. The van der Waals surface area contributed by atoms with Gasteiger partial charge in [-0.15, -0.1) is 0 Å². The van der Waals surface area contributed by atoms with Gasteiger partial charge in [-0.3, -0.25) is 4.79 Å². The summed E-state index contributed by atoms with van der Waals surface area (Å²) < 4.78 is 0. The summed E-state index contributed by atoms with van der Waals surface area (Å²) in [5, 5.41) is 1.13. The molecule has 2 aromatic rings. The van der Waals surface area contributed by atoms with Gasteiger partial charge in [0.25, 0.3) is 0 Å². The highest BCUT2D eigenvalue weighted by molar-refractivity contribution is 5.95. The SMILES string of the molecule is CN(C)C(=O)/C=C/c1c[nH]c2ccccc12. The number of hydrogen-bond donors (Lipinski definition) is 1. The first kappa shape index (κ1) is 10.5. The fraction of sp³-hybridized carbons (Fsp3) is 0.154. The van der Waals surface area contributed by atoms with Gasteiger partial charge < -0.3 is 9.88 Å². The first-order valence-corrected chi connectivity index (χ1v) is 5.14. The Labute approximate surface area is 94.4 Å². The Morgan fingerprint density at radius 2 is 2.06 bits per heavy atom. The minimum Gasteiger partial charge on any atom is -0.361 e. The van der Waals surface area contributed by atoms with Gasteiger partial charge in [-0.1, -0.05) is 18.2 Å². The standard InChI is InChI=1S/C13H14N2O/c1-15(2)13(16)8-7-10-9-14-12-6-4-3-5-11(10)12/h3-9,14H,1-2H3/b8-7+. The number of carbonyl (C=O) groups excluding carboxylic acids is 1. The predicted octanol–water partition coefficient (Wildman–Crippen LogP) is 2.27. The third-order valence-corrected chi connectivity index (χ3v) is 2.47. The summed E-state index contributed by atoms with van der Waals surface area (Å²) in [5.74, 6) is -0.00900. The minimum absolute atomic E-state index is 0.00900. The van der Waals surface area contributed by atoms with Gasteiger partial charge in [-0.05, 0) is 17.7 Å². The maximum absolute atomic E-state index is 11.4. The highest BCUT2D eigenvalue weighted by Crippen LogP contribution is 2.18. The number of amides is 1. The van der Waals surface area contributed by atoms with Crippen molar-refractivity contribution in [1.29, 1.82) is 0 Å². The van der Waals surface area contributed by atoms with Gasteiger partial charge in [-0.25, -0.2) is 0 Å². The van der Waals surface area contributed by atoms with E-state index < -0.39 is 0 Å². The van der Waals surface area contributed by atoms with Crippen LogP contribution in [0.4, 0.5) is 0 Å². The predicted molar refractivity (Wildman–Crippen MR) is 66.0 cm³/mol. The molecule has 82 valence electrons. The average Bonchev–Trinajstić information content (AvgIpc) is 2.69. The third-order valence-electron chi connectivity index (χ3n) is 2.47. The Morgan fingerprint density at radius 3 is 2.81 bits per heavy atom. The number of rotatable bonds is 2. The number of H-pyrrole nitrogens is 1. The molecule has 0 unspecified atom stereocenters. The first-order valence-electron chi connectivity index (χ1n) is 5.14. The Morgan fingerprint density at radius 1 is 1.31 bits per heavy atom. The lowest BCUT2D eigenvalue weighted by molar-refractivity contribution is -0.123. The molecule has 0 fully saturated rings. The van der Waals surface area contributed by atoms with Crippen molar-refractivity contribution in [2.75, 3.05) is 14.1 Å². The molecular weight excluding hydrogens is 200 g/mol. The Balaban J connectivity index is 2.31. The van der Waals surface area contributed by atoms with Crippen molar-refractivity contribution >= 4 is 22.9 Å². The summed E-state index contributed by atoms with van der Waals surface area (Å²) in [4.78, 5) is 16.1. The molecule has 0 aliphatic carbocycles. The zero-order chi connectivity index (χ0) is 11.5. The number of para-hydroxylation sites is 1. The van der Waals surface area contributed by atoms with Gasteiger partial charge in [0, 0.05) is 37.3 Å². The van der Waals surface area contributed by atoms with Gasteiger partial charge in [-0.2, -0.15) is 0 Å². The van der Waals surface area contributed by atoms with E-state index >= 15 is 0 Å². The number of likely N-dealkylation sites (N-methyl/N-ethyl adjacent to an activating group) is 1. The molecular formula is C13H14N2O. The second-order valence-electron chi connectivity index (χ2n) is 3.86. The molecule has 1 aromatic heterocycles. The lowest BCUT2D eigenvalue weighted by atomic mass is 10.1. The van der Waals surface area contributed by atoms with Gasteiger partial charge in [0.15, 0.2) is 0 Å². The molecule has 2 rings (SSSR count). The van der Waals surface area contributed by atoms with Gasteiger partial charge >= 0.3 is 0 Å². The number of aromatic nitrogens is 1. The molecule has 16 heavy (non-hydrogen) atoms. The van der Waals surface area contributed by atoms with E-state index in [1.807, 2.05) is 36.5 Å². The van der Waals surface area contributed by atoms with Crippen LogP contribution in [0.2, 0.25) is 0 Å². The van der Waals surface area contributed by atoms with Crippen LogP contribution in [0.5, 0.6) is 0 Å². The highest BCUT2D eigenvalue weighted by Gasteiger charge is 2.01. The van der Waals surface area contributed by atoms with Crippen molar-refractivity contribution in [3.63, 3.8) is 0 Å². The quantitative estimate of drug-likeness (QED) is 0.765. The molecule has 1 amide bonds. The summed E-state index contributed by atoms with van der Waals surface area (Å²) >= 11 is 0. The maximum Gasteiger partial charge on any atom is 0.246 e. The molecule has 0 saturated heterocycles. The topological polar surface area (TPSA) is 36.1 Å². The fourth-order valence-electron chi connectivity index (χ4n) is 1.54. The van der Waals surface area contributed by atoms with Crippen LogP contribution in [0, 0.1) is 0 Å². The van der Waals surface area contributed by atoms with E-state index in [9.17, 15) is 4.79 Å². The lowest BCUT2D eigenvalue weighted by Gasteiger charge is -2.04. The van der Waals surface area contributed by atoms with Crippen LogP contribution in [0.25, 0.3) is 17.0 Å². The van der Waals surface area contributed by atoms with Crippen molar-refractivity contribution in [2.45, 2.75) is 0 Å². The first-order chi connectivity index (χ1) is 7.68. The molecule has 1 heterocycles. The molecule has 3 heteroatoms. The normalized spacial score (nSPS) is 11.1. The van der Waals surface area contributed by atoms with Crippen LogP contribution in [0.15, 0.2) is 36.5 Å². The smallest absolute Gasteiger partial charge is 0.246 e. The van der Waals surface area contributed by atoms with Crippen molar-refractivity contribution < 1.29 is 4.79 Å². The molecule has 0 bridgehead atoms. The number of hydrogen-bond acceptors (Lipinski definition) is 1. The number of benzene rings is 1. The van der Waals surface area contributed by atoms with E-state index in [0.29, 0.717) is 0 Å². The second-order valence-corrected chi connectivity index (χ2v) is 3.86. The van der Waals surface area contributed by atoms with Crippen LogP contribution < -0.4 is 0 Å². The zero-order valence-corrected chi connectivity index (χ0v) is 9.40. The van der Waals surface area contributed by atoms with E-state index in [0.717, 1.165) is 16.5 Å². The second kappa shape index (κ2) is 4.23. The molecule has 1 N–H and O–H groups in total. The molecule has 3 nitrogen and oxygen atoms in total. The van der Waals surface area contributed by atoms with Crippen LogP contribution in [-0.2, 0) is 4.79 Å². The van der Waals surface area contributed by atoms with Gasteiger partial charge in [0.2, 0.25) is 5.91 Å². The monoisotopic (exact) mass is 214 g/mol. The van der Waals surface area contributed by atoms with E-state index in [4.69, 9.17) is 0 Å². The van der Waals surface area contributed by atoms with Crippen LogP contribution >= 0.6 is 0 Å². The number of carbonyl (C=O) groups is 1. The molecule has 0 saturated carbocycles. The van der Waals surface area contributed by atoms with E-state index in [1.165, 1.54) is 0 Å². The summed E-state index contributed by atoms with van der Waals surface area (Å²) in [6.45, 7) is 0. The van der Waals surface area contributed by atoms with E-state index in [2.05, 4.69) is 4.98 Å². The average molecular weight is 214 g/mol. The summed E-state index contributed by atoms with van der Waals surface area (Å²) in [7, 11) is 3.48. The largest absolute Gasteiger partial charge is 0.361 e. The van der Waals surface area contributed by atoms with Crippen molar-refractivity contribution in [3.05, 3.63) is 42.1 Å². The Kier molecular flexibility index (Phi) is 2.77. The molecule has 0 aliphatic rings. The fourth-order valence-corrected chi connectivity index (χ4v) is 1.54. The number of nitrogens with one attached hydrogen (secondary N) is 1. The zero-order valence-electron chi connectivity index (χ0n) is 9.40. The van der Waals surface area contributed by atoms with Crippen molar-refractivity contribution in [2.24, 2.45) is 0 Å². The van der Waals surface area contributed by atoms with Crippen LogP contribution in [-0.4, -0.2) is 29.9 Å². The Bertz CT molecular complexity index is 538. The molecule has 0 atom stereocenters. The molecule has 0 aliphatic heterocycles. The van der Waals surface area contributed by atoms with Crippen molar-refractivity contribution in [1.82, 2.24) is 9.88 Å². The lowest BCUT2D eigenvalue weighted by Crippen LogP contribution is -2.18. The molecule has 1 aromatic carbocycles. The summed E-state index contributed by atoms with van der Waals surface area (Å²) in [5.41, 5.74) is 2.12. The maximum atomic E-state index is 11.4. The van der Waals surface area contributed by atoms with Gasteiger partial charge in [0.05, 0.1) is 0 Å². The van der Waals surface area contributed by atoms with Crippen molar-refractivity contribution in [3.8, 4) is 0 Å².